The first-order chi connectivity index (χ1) is 10.4. The lowest BCUT2D eigenvalue weighted by Crippen LogP contribution is -2.51. The van der Waals surface area contributed by atoms with Crippen LogP contribution in [0, 0.1) is 6.92 Å². The number of carboxylic acids is 1. The third-order valence-electron chi connectivity index (χ3n) is 3.71. The number of aliphatic carboxylic acids is 1. The molecule has 0 aliphatic heterocycles. The number of hydrogen-bond donors (Lipinski definition) is 2. The third-order valence-corrected chi connectivity index (χ3v) is 3.71. The Kier molecular flexibility index (Phi) is 4.25. The Hall–Kier alpha value is -2.70. The molecule has 1 heterocycles. The molecule has 2 N–H and O–H groups in total. The van der Waals surface area contributed by atoms with E-state index in [4.69, 9.17) is 0 Å². The molecule has 0 saturated heterocycles. The lowest BCUT2D eigenvalue weighted by Gasteiger charge is -2.25. The first-order valence-electron chi connectivity index (χ1n) is 6.89. The fraction of sp³-hybridized carbons (Fsp3) is 0.333. The number of carbonyl (C=O) groups excluding carboxylic acids is 1. The van der Waals surface area contributed by atoms with Gasteiger partial charge in [0.1, 0.15) is 18.2 Å². The fourth-order valence-electron chi connectivity index (χ4n) is 2.00. The topological polar surface area (TPSA) is 97.1 Å². The normalized spacial score (nSPS) is 13.4. The second-order valence-electron chi connectivity index (χ2n) is 5.28. The number of aromatic nitrogens is 3. The predicted molar refractivity (Wildman–Crippen MR) is 79.9 cm³/mol. The smallest absolute Gasteiger partial charge is 0.329 e. The monoisotopic (exact) mass is 302 g/mol. The average Bonchev–Trinajstić information content (AvgIpc) is 3.00. The van der Waals surface area contributed by atoms with E-state index in [0.717, 1.165) is 11.3 Å². The van der Waals surface area contributed by atoms with Crippen molar-refractivity contribution in [3.8, 4) is 5.69 Å². The Morgan fingerprint density at radius 3 is 2.64 bits per heavy atom. The molecule has 2 aromatic rings. The molecule has 116 valence electrons. The SMILES string of the molecule is CCC(C)(NC(=O)c1ccc(-n2cncn2)cc1C)C(=O)O. The number of aryl methyl sites for hydroxylation is 1. The summed E-state index contributed by atoms with van der Waals surface area (Å²) in [7, 11) is 0. The highest BCUT2D eigenvalue weighted by Crippen LogP contribution is 2.16. The van der Waals surface area contributed by atoms with Crippen molar-refractivity contribution in [3.05, 3.63) is 42.0 Å². The van der Waals surface area contributed by atoms with Crippen LogP contribution in [0.1, 0.15) is 36.2 Å². The van der Waals surface area contributed by atoms with Gasteiger partial charge >= 0.3 is 5.97 Å². The Labute approximate surface area is 128 Å². The van der Waals surface area contributed by atoms with Crippen molar-refractivity contribution in [1.82, 2.24) is 20.1 Å². The predicted octanol–water partition coefficient (Wildman–Crippen LogP) is 1.56. The fourth-order valence-corrected chi connectivity index (χ4v) is 2.00. The molecule has 2 rings (SSSR count). The van der Waals surface area contributed by atoms with Crippen LogP contribution >= 0.6 is 0 Å². The molecule has 0 saturated carbocycles. The number of amides is 1. The Morgan fingerprint density at radius 1 is 1.41 bits per heavy atom. The Balaban J connectivity index is 2.26. The zero-order valence-electron chi connectivity index (χ0n) is 12.7. The van der Waals surface area contributed by atoms with Crippen LogP contribution < -0.4 is 5.32 Å². The summed E-state index contributed by atoms with van der Waals surface area (Å²) in [4.78, 5) is 27.5. The molecule has 0 spiro atoms. The molecule has 1 atom stereocenters. The van der Waals surface area contributed by atoms with Crippen molar-refractivity contribution >= 4 is 11.9 Å². The Morgan fingerprint density at radius 2 is 2.14 bits per heavy atom. The van der Waals surface area contributed by atoms with Crippen LogP contribution in [0.25, 0.3) is 5.69 Å². The molecule has 0 radical (unpaired) electrons. The van der Waals surface area contributed by atoms with E-state index in [1.54, 1.807) is 43.1 Å². The molecule has 1 aromatic carbocycles. The lowest BCUT2D eigenvalue weighted by molar-refractivity contribution is -0.143. The molecule has 7 heteroatoms. The summed E-state index contributed by atoms with van der Waals surface area (Å²) in [6, 6.07) is 5.19. The van der Waals surface area contributed by atoms with Crippen molar-refractivity contribution in [3.63, 3.8) is 0 Å². The minimum absolute atomic E-state index is 0.296. The minimum atomic E-state index is -1.28. The van der Waals surface area contributed by atoms with Gasteiger partial charge in [-0.3, -0.25) is 4.79 Å². The summed E-state index contributed by atoms with van der Waals surface area (Å²) in [6.45, 7) is 5.00. The van der Waals surface area contributed by atoms with E-state index in [9.17, 15) is 14.7 Å². The van der Waals surface area contributed by atoms with E-state index < -0.39 is 17.4 Å². The number of rotatable bonds is 5. The summed E-state index contributed by atoms with van der Waals surface area (Å²) in [5.74, 6) is -1.46. The van der Waals surface area contributed by atoms with Crippen LogP contribution in [0.3, 0.4) is 0 Å². The first kappa shape index (κ1) is 15.7. The van der Waals surface area contributed by atoms with Gasteiger partial charge in [0.2, 0.25) is 0 Å². The maximum atomic E-state index is 12.3. The largest absolute Gasteiger partial charge is 0.480 e. The number of benzene rings is 1. The number of nitrogens with one attached hydrogen (secondary N) is 1. The van der Waals surface area contributed by atoms with Crippen LogP contribution in [0.4, 0.5) is 0 Å². The van der Waals surface area contributed by atoms with Crippen LogP contribution in [-0.4, -0.2) is 37.3 Å². The quantitative estimate of drug-likeness (QED) is 0.873. The van der Waals surface area contributed by atoms with E-state index in [1.165, 1.54) is 13.3 Å². The minimum Gasteiger partial charge on any atom is -0.480 e. The van der Waals surface area contributed by atoms with Crippen LogP contribution in [-0.2, 0) is 4.79 Å². The molecule has 0 aliphatic carbocycles. The second-order valence-corrected chi connectivity index (χ2v) is 5.28. The van der Waals surface area contributed by atoms with Gasteiger partial charge in [0.05, 0.1) is 5.69 Å². The van der Waals surface area contributed by atoms with Crippen LogP contribution in [0.2, 0.25) is 0 Å². The number of carbonyl (C=O) groups is 2. The van der Waals surface area contributed by atoms with E-state index in [0.29, 0.717) is 12.0 Å². The molecule has 1 amide bonds. The van der Waals surface area contributed by atoms with Gasteiger partial charge in [-0.1, -0.05) is 6.92 Å². The summed E-state index contributed by atoms with van der Waals surface area (Å²) in [6.07, 6.45) is 3.28. The maximum absolute atomic E-state index is 12.3. The summed E-state index contributed by atoms with van der Waals surface area (Å²) in [5.41, 5.74) is 0.663. The molecular formula is C15H18N4O3. The van der Waals surface area contributed by atoms with E-state index in [2.05, 4.69) is 15.4 Å². The number of hydrogen-bond acceptors (Lipinski definition) is 4. The van der Waals surface area contributed by atoms with Gasteiger partial charge in [-0.05, 0) is 44.0 Å². The summed E-state index contributed by atoms with van der Waals surface area (Å²) >= 11 is 0. The molecule has 1 aromatic heterocycles. The summed E-state index contributed by atoms with van der Waals surface area (Å²) < 4.78 is 1.59. The van der Waals surface area contributed by atoms with Crippen molar-refractivity contribution in [2.45, 2.75) is 32.7 Å². The highest BCUT2D eigenvalue weighted by molar-refractivity contribution is 5.99. The third kappa shape index (κ3) is 2.98. The van der Waals surface area contributed by atoms with Crippen molar-refractivity contribution in [1.29, 1.82) is 0 Å². The van der Waals surface area contributed by atoms with Gasteiger partial charge in [-0.15, -0.1) is 0 Å². The molecule has 7 nitrogen and oxygen atoms in total. The molecule has 0 aliphatic rings. The van der Waals surface area contributed by atoms with Crippen LogP contribution in [0.5, 0.6) is 0 Å². The Bertz CT molecular complexity index is 697. The standard InChI is InChI=1S/C15H18N4O3/c1-4-15(3,14(21)22)18-13(20)12-6-5-11(7-10(12)2)19-9-16-8-17-19/h5-9H,4H2,1-3H3,(H,18,20)(H,21,22). The van der Waals surface area contributed by atoms with E-state index in [-0.39, 0.29) is 0 Å². The maximum Gasteiger partial charge on any atom is 0.329 e. The van der Waals surface area contributed by atoms with Crippen molar-refractivity contribution in [2.24, 2.45) is 0 Å². The average molecular weight is 302 g/mol. The molecule has 22 heavy (non-hydrogen) atoms. The van der Waals surface area contributed by atoms with Crippen LogP contribution in [0.15, 0.2) is 30.9 Å². The van der Waals surface area contributed by atoms with Gasteiger partial charge in [-0.25, -0.2) is 14.5 Å². The van der Waals surface area contributed by atoms with Gasteiger partial charge in [0.25, 0.3) is 5.91 Å². The van der Waals surface area contributed by atoms with E-state index >= 15 is 0 Å². The second kappa shape index (κ2) is 5.97. The summed E-state index contributed by atoms with van der Waals surface area (Å²) in [5, 5.41) is 15.8. The van der Waals surface area contributed by atoms with Gasteiger partial charge in [0.15, 0.2) is 0 Å². The lowest BCUT2D eigenvalue weighted by atomic mass is 9.97. The van der Waals surface area contributed by atoms with Gasteiger partial charge in [-0.2, -0.15) is 5.10 Å². The first-order valence-corrected chi connectivity index (χ1v) is 6.89. The molecule has 0 bridgehead atoms. The van der Waals surface area contributed by atoms with E-state index in [1.807, 2.05) is 0 Å². The molecule has 0 fully saturated rings. The molecular weight excluding hydrogens is 284 g/mol. The molecule has 1 unspecified atom stereocenters. The van der Waals surface area contributed by atoms with Crippen molar-refractivity contribution in [2.75, 3.05) is 0 Å². The number of carboxylic acid groups (broad SMARTS) is 1. The highest BCUT2D eigenvalue weighted by atomic mass is 16.4. The van der Waals surface area contributed by atoms with Gasteiger partial charge in [0, 0.05) is 5.56 Å². The van der Waals surface area contributed by atoms with Gasteiger partial charge < -0.3 is 10.4 Å². The van der Waals surface area contributed by atoms with Crippen molar-refractivity contribution < 1.29 is 14.7 Å². The zero-order valence-corrected chi connectivity index (χ0v) is 12.7. The zero-order chi connectivity index (χ0) is 16.3. The number of nitrogens with zero attached hydrogens (tertiary/aromatic N) is 3. The highest BCUT2D eigenvalue weighted by Gasteiger charge is 2.33.